The number of hydrogen-bond acceptors (Lipinski definition) is 1. The summed E-state index contributed by atoms with van der Waals surface area (Å²) in [6.45, 7) is 0. The monoisotopic (exact) mass is 271 g/mol. The molecule has 0 radical (unpaired) electrons. The fraction of sp³-hybridized carbons (Fsp3) is 0. The maximum atomic E-state index is 4.13. The number of hydrogen-bond donors (Lipinski definition) is 0. The van der Waals surface area contributed by atoms with Crippen LogP contribution in [0.25, 0.3) is 10.9 Å². The number of pyridine rings is 1. The molecular formula is C9H6BrNZn. The van der Waals surface area contributed by atoms with Crippen LogP contribution in [0.1, 0.15) is 0 Å². The van der Waals surface area contributed by atoms with E-state index < -0.39 is 0 Å². The van der Waals surface area contributed by atoms with Gasteiger partial charge in [-0.1, -0.05) is 6.07 Å². The first-order valence-electron chi connectivity index (χ1n) is 3.45. The molecule has 1 heterocycles. The minimum atomic E-state index is 0.935. The van der Waals surface area contributed by atoms with Crippen LogP contribution in [-0.2, 0) is 16.3 Å². The van der Waals surface area contributed by atoms with E-state index in [0.717, 1.165) is 10.9 Å². The number of benzene rings is 1. The molecule has 0 bridgehead atoms. The average molecular weight is 273 g/mol. The number of aromatic nitrogens is 1. The van der Waals surface area contributed by atoms with Crippen molar-refractivity contribution < 1.29 is 16.3 Å². The van der Waals surface area contributed by atoms with Gasteiger partial charge in [0.1, 0.15) is 0 Å². The van der Waals surface area contributed by atoms with Crippen molar-refractivity contribution in [1.82, 2.24) is 4.98 Å². The maximum absolute atomic E-state index is 4.13. The Bertz CT molecular complexity index is 286. The first kappa shape index (κ1) is 9.82. The molecule has 0 aliphatic rings. The molecule has 0 amide bonds. The third-order valence-electron chi connectivity index (χ3n) is 1.43. The van der Waals surface area contributed by atoms with Crippen molar-refractivity contribution in [1.29, 1.82) is 0 Å². The summed E-state index contributed by atoms with van der Waals surface area (Å²) in [5.74, 6) is 0. The Morgan fingerprint density at radius 2 is 2.00 bits per heavy atom. The first-order chi connectivity index (χ1) is 5.97. The van der Waals surface area contributed by atoms with Crippen LogP contribution in [0.2, 0.25) is 0 Å². The minimum absolute atomic E-state index is 0.935. The Kier molecular flexibility index (Phi) is 4.41. The summed E-state index contributed by atoms with van der Waals surface area (Å²) in [7, 11) is 0. The molecule has 0 unspecified atom stereocenters. The summed E-state index contributed by atoms with van der Waals surface area (Å²) in [4.78, 5) is 4.13. The molecule has 0 saturated carbocycles. The van der Waals surface area contributed by atoms with E-state index in [0.29, 0.717) is 0 Å². The van der Waals surface area contributed by atoms with E-state index in [-0.39, 0.29) is 0 Å². The number of para-hydroxylation sites is 1. The largest absolute Gasteiger partial charge is 0.283 e. The van der Waals surface area contributed by atoms with E-state index in [1.54, 1.807) is 6.20 Å². The maximum Gasteiger partial charge on any atom is 0.0239 e. The fourth-order valence-electron chi connectivity index (χ4n) is 0.952. The van der Waals surface area contributed by atoms with Gasteiger partial charge >= 0.3 is 30.0 Å². The van der Waals surface area contributed by atoms with Crippen LogP contribution in [0, 0.1) is 6.07 Å². The normalized spacial score (nSPS) is 8.92. The summed E-state index contributed by atoms with van der Waals surface area (Å²) >= 11 is 4.25. The van der Waals surface area contributed by atoms with Crippen LogP contribution in [0.4, 0.5) is 0 Å². The summed E-state index contributed by atoms with van der Waals surface area (Å²) in [5.41, 5.74) is 0.935. The zero-order valence-electron chi connectivity index (χ0n) is 6.50. The molecule has 0 saturated heterocycles. The van der Waals surface area contributed by atoms with E-state index in [1.807, 2.05) is 30.3 Å². The van der Waals surface area contributed by atoms with Crippen molar-refractivity contribution in [3.05, 3.63) is 42.6 Å². The zero-order valence-corrected chi connectivity index (χ0v) is 11.0. The van der Waals surface area contributed by atoms with Gasteiger partial charge in [0.05, 0.1) is 0 Å². The second kappa shape index (κ2) is 5.39. The first-order valence-corrected chi connectivity index (χ1v) is 10.4. The molecule has 1 aromatic heterocycles. The van der Waals surface area contributed by atoms with Gasteiger partial charge in [0.2, 0.25) is 0 Å². The second-order valence-corrected chi connectivity index (χ2v) is 2.11. The Labute approximate surface area is 88.2 Å². The van der Waals surface area contributed by atoms with E-state index in [2.05, 4.69) is 24.7 Å². The van der Waals surface area contributed by atoms with E-state index in [1.165, 1.54) is 16.3 Å². The molecular weight excluding hydrogens is 267 g/mol. The van der Waals surface area contributed by atoms with Crippen molar-refractivity contribution >= 4 is 24.5 Å². The molecule has 0 aliphatic heterocycles. The molecule has 0 fully saturated rings. The molecule has 0 spiro atoms. The molecule has 3 heteroatoms. The van der Waals surface area contributed by atoms with Gasteiger partial charge in [-0.3, -0.25) is 4.98 Å². The van der Waals surface area contributed by atoms with E-state index in [9.17, 15) is 0 Å². The molecule has 0 atom stereocenters. The van der Waals surface area contributed by atoms with Crippen molar-refractivity contribution in [2.24, 2.45) is 0 Å². The van der Waals surface area contributed by atoms with E-state index >= 15 is 0 Å². The number of rotatable bonds is 0. The molecule has 0 aliphatic carbocycles. The smallest absolute Gasteiger partial charge is 0.0239 e. The van der Waals surface area contributed by atoms with Crippen LogP contribution in [0.15, 0.2) is 36.5 Å². The Hall–Kier alpha value is -0.267. The molecule has 2 aromatic rings. The molecule has 2 rings (SSSR count). The predicted octanol–water partition coefficient (Wildman–Crippen LogP) is 2.88. The Morgan fingerprint density at radius 1 is 1.25 bits per heavy atom. The predicted molar refractivity (Wildman–Crippen MR) is 49.5 cm³/mol. The van der Waals surface area contributed by atoms with Gasteiger partial charge in [-0.05, 0) is 5.52 Å². The topological polar surface area (TPSA) is 12.9 Å². The van der Waals surface area contributed by atoms with Gasteiger partial charge in [0.25, 0.3) is 0 Å². The summed E-state index contributed by atoms with van der Waals surface area (Å²) in [6, 6.07) is 12.9. The third-order valence-corrected chi connectivity index (χ3v) is 1.43. The van der Waals surface area contributed by atoms with Crippen LogP contribution in [-0.4, -0.2) is 4.98 Å². The Balaban J connectivity index is 0.000000336. The summed E-state index contributed by atoms with van der Waals surface area (Å²) in [6.07, 6.45) is 1.78. The van der Waals surface area contributed by atoms with Gasteiger partial charge in [-0.25, -0.2) is 0 Å². The molecule has 1 nitrogen and oxygen atoms in total. The summed E-state index contributed by atoms with van der Waals surface area (Å²) in [5, 5.41) is 1.14. The van der Waals surface area contributed by atoms with Crippen LogP contribution in [0.5, 0.6) is 0 Å². The van der Waals surface area contributed by atoms with Crippen molar-refractivity contribution in [3.63, 3.8) is 0 Å². The quantitative estimate of drug-likeness (QED) is 0.531. The molecule has 12 heavy (non-hydrogen) atoms. The summed E-state index contributed by atoms with van der Waals surface area (Å²) < 4.78 is 0. The van der Waals surface area contributed by atoms with Gasteiger partial charge < -0.3 is 0 Å². The standard InChI is InChI=1S/C9H6N.BrH.Zn/c1-2-6-9-8(4-1)5-3-7-10-9;;/h1-5,7H;1H;/q-1;;+2/p-1. The molecule has 0 N–H and O–H groups in total. The zero-order chi connectivity index (χ0) is 8.81. The van der Waals surface area contributed by atoms with Crippen LogP contribution < -0.4 is 0 Å². The van der Waals surface area contributed by atoms with Gasteiger partial charge in [-0.2, -0.15) is 24.3 Å². The number of halogens is 1. The van der Waals surface area contributed by atoms with Crippen molar-refractivity contribution in [3.8, 4) is 0 Å². The molecule has 56 valence electrons. The second-order valence-electron chi connectivity index (χ2n) is 2.11. The van der Waals surface area contributed by atoms with Crippen molar-refractivity contribution in [2.45, 2.75) is 0 Å². The Morgan fingerprint density at radius 3 is 2.75 bits per heavy atom. The minimum Gasteiger partial charge on any atom is -0.283 e. The van der Waals surface area contributed by atoms with Crippen molar-refractivity contribution in [2.75, 3.05) is 0 Å². The number of nitrogens with zero attached hydrogens (tertiary/aromatic N) is 1. The van der Waals surface area contributed by atoms with Crippen LogP contribution >= 0.6 is 13.6 Å². The average Bonchev–Trinajstić information content (AvgIpc) is 2.21. The van der Waals surface area contributed by atoms with E-state index in [4.69, 9.17) is 0 Å². The van der Waals surface area contributed by atoms with Crippen LogP contribution in [0.3, 0.4) is 0 Å². The molecule has 1 aromatic carbocycles. The number of fused-ring (bicyclic) bond motifs is 1. The SMILES string of the molecule is [Zn+][Br].[c-]1cccc2cccnc12. The van der Waals surface area contributed by atoms with Gasteiger partial charge in [-0.15, -0.1) is 11.5 Å². The fourth-order valence-corrected chi connectivity index (χ4v) is 0.952. The van der Waals surface area contributed by atoms with Gasteiger partial charge in [0, 0.05) is 6.20 Å². The third kappa shape index (κ3) is 2.36. The van der Waals surface area contributed by atoms with Gasteiger partial charge in [0.15, 0.2) is 0 Å².